The van der Waals surface area contributed by atoms with E-state index >= 15 is 0 Å². The zero-order valence-electron chi connectivity index (χ0n) is 26.0. The number of hydrogen-bond donors (Lipinski definition) is 1. The van der Waals surface area contributed by atoms with E-state index in [0.29, 0.717) is 0 Å². The minimum atomic E-state index is -0.185. The van der Waals surface area contributed by atoms with Crippen molar-refractivity contribution in [3.63, 3.8) is 0 Å². The van der Waals surface area contributed by atoms with Gasteiger partial charge in [-0.05, 0) is 53.1 Å². The van der Waals surface area contributed by atoms with Gasteiger partial charge >= 0.3 is 0 Å². The minimum Gasteiger partial charge on any atom is -0.456 e. The van der Waals surface area contributed by atoms with Gasteiger partial charge in [0.2, 0.25) is 0 Å². The summed E-state index contributed by atoms with van der Waals surface area (Å²) in [5.41, 5.74) is 11.9. The van der Waals surface area contributed by atoms with E-state index < -0.39 is 0 Å². The smallest absolute Gasteiger partial charge is 0.137 e. The van der Waals surface area contributed by atoms with Crippen molar-refractivity contribution in [2.24, 2.45) is 4.99 Å². The first kappa shape index (κ1) is 26.8. The number of hydrogen-bond acceptors (Lipinski definition) is 3. The highest BCUT2D eigenvalue weighted by Gasteiger charge is 2.26. The van der Waals surface area contributed by atoms with Crippen molar-refractivity contribution < 1.29 is 4.42 Å². The number of nitrogens with zero attached hydrogens (tertiary/aromatic N) is 2. The van der Waals surface area contributed by atoms with Gasteiger partial charge in [-0.25, -0.2) is 0 Å². The summed E-state index contributed by atoms with van der Waals surface area (Å²) < 4.78 is 9.03. The molecule has 0 spiro atoms. The first-order valence-electron chi connectivity index (χ1n) is 16.3. The third-order valence-electron chi connectivity index (χ3n) is 9.66. The molecule has 48 heavy (non-hydrogen) atoms. The number of aromatic nitrogens is 1. The van der Waals surface area contributed by atoms with E-state index in [1.807, 2.05) is 6.07 Å². The lowest BCUT2D eigenvalue weighted by Gasteiger charge is -2.26. The number of benzene rings is 7. The molecule has 0 saturated carbocycles. The second kappa shape index (κ2) is 10.6. The fourth-order valence-corrected chi connectivity index (χ4v) is 7.46. The average molecular weight is 616 g/mol. The number of fused-ring (bicyclic) bond motifs is 7. The molecule has 0 amide bonds. The number of para-hydroxylation sites is 2. The maximum absolute atomic E-state index is 6.66. The van der Waals surface area contributed by atoms with Crippen molar-refractivity contribution >= 4 is 55.3 Å². The van der Waals surface area contributed by atoms with Gasteiger partial charge in [0.15, 0.2) is 0 Å². The van der Waals surface area contributed by atoms with Crippen LogP contribution in [0.5, 0.6) is 0 Å². The molecule has 9 aromatic rings. The van der Waals surface area contributed by atoms with E-state index in [1.54, 1.807) is 0 Å². The number of nitrogens with one attached hydrogen (secondary N) is 1. The first-order valence-corrected chi connectivity index (χ1v) is 16.3. The predicted molar refractivity (Wildman–Crippen MR) is 198 cm³/mol. The second-order valence-corrected chi connectivity index (χ2v) is 12.4. The van der Waals surface area contributed by atoms with E-state index in [2.05, 4.69) is 168 Å². The van der Waals surface area contributed by atoms with Gasteiger partial charge in [0, 0.05) is 50.1 Å². The van der Waals surface area contributed by atoms with Gasteiger partial charge in [0.1, 0.15) is 23.0 Å². The summed E-state index contributed by atoms with van der Waals surface area (Å²) in [4.78, 5) is 5.32. The maximum atomic E-state index is 6.66. The largest absolute Gasteiger partial charge is 0.456 e. The Kier molecular flexibility index (Phi) is 5.90. The van der Waals surface area contributed by atoms with E-state index in [-0.39, 0.29) is 6.04 Å². The molecule has 0 aliphatic carbocycles. The van der Waals surface area contributed by atoms with Crippen LogP contribution in [-0.2, 0) is 0 Å². The van der Waals surface area contributed by atoms with Crippen LogP contribution >= 0.6 is 0 Å². The highest BCUT2D eigenvalue weighted by molar-refractivity contribution is 6.13. The van der Waals surface area contributed by atoms with Crippen LogP contribution in [0.2, 0.25) is 0 Å². The van der Waals surface area contributed by atoms with E-state index in [1.165, 1.54) is 32.9 Å². The van der Waals surface area contributed by atoms with Gasteiger partial charge in [-0.15, -0.1) is 0 Å². The molecule has 10 rings (SSSR count). The molecule has 1 aliphatic rings. The Morgan fingerprint density at radius 3 is 2.08 bits per heavy atom. The Labute approximate surface area is 277 Å². The van der Waals surface area contributed by atoms with Crippen LogP contribution in [-0.4, -0.2) is 10.4 Å². The van der Waals surface area contributed by atoms with Crippen molar-refractivity contribution in [3.05, 3.63) is 180 Å². The molecule has 3 heterocycles. The Morgan fingerprint density at radius 1 is 0.500 bits per heavy atom. The van der Waals surface area contributed by atoms with E-state index in [0.717, 1.165) is 55.8 Å². The third kappa shape index (κ3) is 4.13. The van der Waals surface area contributed by atoms with E-state index in [4.69, 9.17) is 9.41 Å². The molecule has 1 aliphatic heterocycles. The lowest BCUT2D eigenvalue weighted by molar-refractivity contribution is 0.668. The molecule has 1 unspecified atom stereocenters. The van der Waals surface area contributed by atoms with Crippen molar-refractivity contribution in [2.45, 2.75) is 6.04 Å². The van der Waals surface area contributed by atoms with E-state index in [9.17, 15) is 0 Å². The molecule has 7 aromatic carbocycles. The fourth-order valence-electron chi connectivity index (χ4n) is 7.46. The normalized spacial score (nSPS) is 14.3. The summed E-state index contributed by atoms with van der Waals surface area (Å²) in [5, 5.41) is 8.23. The van der Waals surface area contributed by atoms with Gasteiger partial charge in [-0.3, -0.25) is 4.99 Å². The highest BCUT2D eigenvalue weighted by Crippen LogP contribution is 2.43. The lowest BCUT2D eigenvalue weighted by atomic mass is 9.92. The van der Waals surface area contributed by atoms with Gasteiger partial charge in [0.05, 0.1) is 11.0 Å². The third-order valence-corrected chi connectivity index (χ3v) is 9.66. The fraction of sp³-hybridized carbons (Fsp3) is 0.0227. The molecular formula is C44H29N3O. The summed E-state index contributed by atoms with van der Waals surface area (Å²) in [6.45, 7) is 0. The molecule has 4 heteroatoms. The van der Waals surface area contributed by atoms with Gasteiger partial charge in [0.25, 0.3) is 0 Å². The van der Waals surface area contributed by atoms with Gasteiger partial charge in [-0.2, -0.15) is 0 Å². The summed E-state index contributed by atoms with van der Waals surface area (Å²) >= 11 is 0. The van der Waals surface area contributed by atoms with Crippen molar-refractivity contribution in [3.8, 4) is 16.8 Å². The van der Waals surface area contributed by atoms with Crippen LogP contribution in [0.1, 0.15) is 22.7 Å². The Bertz CT molecular complexity index is 2700. The Hall–Kier alpha value is -6.39. The number of amidine groups is 1. The SMILES string of the molecule is c1ccc(C2=NC(c3cccc4oc5cc(-n6c7ccccc7c7ccc(-c8ccccc8)cc76)ccc5c34)c3ccccc3N2)cc1. The standard InChI is InChI=1S/C44H29N3O/c1-3-12-28(13-4-1)30-22-24-33-32-16-8-10-20-38(32)47(39(33)26-30)31-23-25-35-41(27-31)48-40-21-11-18-36(42(35)40)43-34-17-7-9-19-37(34)45-44(46-43)29-14-5-2-6-15-29/h1-27,43H,(H,45,46). The number of aliphatic imine (C=N–C) groups is 1. The zero-order chi connectivity index (χ0) is 31.6. The maximum Gasteiger partial charge on any atom is 0.137 e. The van der Waals surface area contributed by atoms with Crippen LogP contribution in [0.15, 0.2) is 173 Å². The Morgan fingerprint density at radius 2 is 1.21 bits per heavy atom. The topological polar surface area (TPSA) is 42.5 Å². The van der Waals surface area contributed by atoms with Crippen LogP contribution in [0.4, 0.5) is 5.69 Å². The van der Waals surface area contributed by atoms with Crippen molar-refractivity contribution in [1.82, 2.24) is 4.57 Å². The minimum absolute atomic E-state index is 0.185. The molecule has 0 saturated heterocycles. The quantitative estimate of drug-likeness (QED) is 0.214. The number of furan rings is 1. The second-order valence-electron chi connectivity index (χ2n) is 12.4. The predicted octanol–water partition coefficient (Wildman–Crippen LogP) is 11.3. The molecule has 0 bridgehead atoms. The monoisotopic (exact) mass is 615 g/mol. The summed E-state index contributed by atoms with van der Waals surface area (Å²) in [7, 11) is 0. The summed E-state index contributed by atoms with van der Waals surface area (Å²) in [6.07, 6.45) is 0. The zero-order valence-corrected chi connectivity index (χ0v) is 26.0. The average Bonchev–Trinajstić information content (AvgIpc) is 3.70. The molecule has 0 fully saturated rings. The first-order chi connectivity index (χ1) is 23.8. The Balaban J connectivity index is 1.17. The van der Waals surface area contributed by atoms with Crippen LogP contribution in [0, 0.1) is 0 Å². The molecule has 2 aromatic heterocycles. The highest BCUT2D eigenvalue weighted by atomic mass is 16.3. The molecule has 0 radical (unpaired) electrons. The van der Waals surface area contributed by atoms with Gasteiger partial charge in [-0.1, -0.05) is 121 Å². The van der Waals surface area contributed by atoms with Crippen LogP contribution in [0.25, 0.3) is 60.6 Å². The summed E-state index contributed by atoms with van der Waals surface area (Å²) in [6, 6.07) is 57.6. The molecular weight excluding hydrogens is 587 g/mol. The molecule has 1 N–H and O–H groups in total. The molecule has 1 atom stereocenters. The van der Waals surface area contributed by atoms with Crippen LogP contribution < -0.4 is 5.32 Å². The van der Waals surface area contributed by atoms with Crippen molar-refractivity contribution in [2.75, 3.05) is 5.32 Å². The van der Waals surface area contributed by atoms with Crippen molar-refractivity contribution in [1.29, 1.82) is 0 Å². The van der Waals surface area contributed by atoms with Crippen LogP contribution in [0.3, 0.4) is 0 Å². The van der Waals surface area contributed by atoms with Gasteiger partial charge < -0.3 is 14.3 Å². The summed E-state index contributed by atoms with van der Waals surface area (Å²) in [5.74, 6) is 0.868. The molecule has 226 valence electrons. The molecule has 4 nitrogen and oxygen atoms in total. The number of anilines is 1. The number of rotatable bonds is 4. The lowest BCUT2D eigenvalue weighted by Crippen LogP contribution is -2.22.